The van der Waals surface area contributed by atoms with E-state index in [1.54, 1.807) is 12.4 Å². The predicted octanol–water partition coefficient (Wildman–Crippen LogP) is 8.24. The molecule has 0 saturated carbocycles. The lowest BCUT2D eigenvalue weighted by Crippen LogP contribution is -2.55. The van der Waals surface area contributed by atoms with Crippen molar-refractivity contribution >= 4 is 47.5 Å². The molecule has 1 aliphatic heterocycles. The second-order valence-corrected chi connectivity index (χ2v) is 26.2. The molecule has 472 valence electrons. The van der Waals surface area contributed by atoms with E-state index in [0.29, 0.717) is 11.1 Å². The Kier molecular flexibility index (Phi) is 23.7. The molecule has 2 aromatic carbocycles. The quantitative estimate of drug-likeness (QED) is 0.0762. The molecule has 1 saturated heterocycles. The van der Waals surface area contributed by atoms with Gasteiger partial charge in [0, 0.05) is 53.4 Å². The number of ether oxygens (including phenoxy) is 4. The second-order valence-electron chi connectivity index (χ2n) is 26.2. The van der Waals surface area contributed by atoms with Crippen molar-refractivity contribution in [3.63, 3.8) is 0 Å². The molecule has 1 fully saturated rings. The molecule has 20 heteroatoms. The maximum atomic E-state index is 15.1. The van der Waals surface area contributed by atoms with E-state index in [2.05, 4.69) is 10.2 Å². The summed E-state index contributed by atoms with van der Waals surface area (Å²) < 4.78 is 28.1. The van der Waals surface area contributed by atoms with Crippen LogP contribution in [0.2, 0.25) is 0 Å². The van der Waals surface area contributed by atoms with E-state index in [-0.39, 0.29) is 62.2 Å². The van der Waals surface area contributed by atoms with Crippen molar-refractivity contribution in [1.82, 2.24) is 39.2 Å². The number of hydrogen-bond donors (Lipinski definition) is 0. The van der Waals surface area contributed by atoms with Gasteiger partial charge in [-0.05, 0) is 138 Å². The van der Waals surface area contributed by atoms with Gasteiger partial charge in [-0.3, -0.25) is 28.5 Å². The van der Waals surface area contributed by atoms with Crippen molar-refractivity contribution in [3.8, 4) is 0 Å². The predicted molar refractivity (Wildman–Crippen MR) is 326 cm³/mol. The summed E-state index contributed by atoms with van der Waals surface area (Å²) in [6, 6.07) is 9.74. The topological polar surface area (TPSA) is 222 Å². The Hall–Kier alpha value is -7.38. The van der Waals surface area contributed by atoms with Crippen molar-refractivity contribution in [2.75, 3.05) is 28.2 Å². The zero-order chi connectivity index (χ0) is 64.4. The first kappa shape index (κ1) is 69.4. The van der Waals surface area contributed by atoms with Gasteiger partial charge in [-0.15, -0.1) is 0 Å². The molecule has 0 N–H and O–H groups in total. The van der Waals surface area contributed by atoms with Crippen LogP contribution in [0, 0.1) is 37.5 Å². The Balaban J connectivity index is 1.61. The minimum atomic E-state index is -1.55. The lowest BCUT2D eigenvalue weighted by Gasteiger charge is -2.35. The summed E-state index contributed by atoms with van der Waals surface area (Å²) in [6.45, 7) is 29.6. The molecule has 86 heavy (non-hydrogen) atoms. The van der Waals surface area contributed by atoms with Gasteiger partial charge in [0.15, 0.2) is 24.4 Å². The van der Waals surface area contributed by atoms with Crippen molar-refractivity contribution in [2.24, 2.45) is 23.7 Å². The number of hydrogen-bond acceptors (Lipinski definition) is 14. The molecule has 2 aromatic heterocycles. The highest BCUT2D eigenvalue weighted by Gasteiger charge is 2.43. The van der Waals surface area contributed by atoms with Crippen LogP contribution >= 0.6 is 0 Å². The standard InChI is InChI=1S/C66H96N8O12/c1-39(2)29-51-61(79)83-45(11)57(75)69(17)54(32-42(7)8)64(82)86-56(34-48-23-27-50(28-24-48)66(15,16)74-38-44(10)36-68-74)60(78)72(20)52(30-40(3)4)62(80)84-46(12)58(76)70(18)53(31-41(5)6)63(81)85-55(59(77)71(51)19)33-47-21-25-49(26-22-47)65(13,14)73-37-43(9)35-67-73/h21-28,35-42,45-46,51-56H,29-34H2,1-20H3/t45-,46-,51+,52+,53+,54+,55-,56-/m1/s1. The van der Waals surface area contributed by atoms with Gasteiger partial charge in [0.25, 0.3) is 23.6 Å². The third-order valence-electron chi connectivity index (χ3n) is 16.2. The first-order chi connectivity index (χ1) is 40.0. The van der Waals surface area contributed by atoms with Crippen LogP contribution in [0.3, 0.4) is 0 Å². The van der Waals surface area contributed by atoms with Crippen LogP contribution in [0.25, 0.3) is 0 Å². The van der Waals surface area contributed by atoms with Gasteiger partial charge < -0.3 is 38.5 Å². The molecule has 3 heterocycles. The Bertz CT molecular complexity index is 2780. The smallest absolute Gasteiger partial charge is 0.329 e. The largest absolute Gasteiger partial charge is 0.451 e. The van der Waals surface area contributed by atoms with E-state index < -0.39 is 107 Å². The van der Waals surface area contributed by atoms with Gasteiger partial charge in [0.1, 0.15) is 24.2 Å². The first-order valence-electron chi connectivity index (χ1n) is 30.2. The lowest BCUT2D eigenvalue weighted by atomic mass is 9.92. The summed E-state index contributed by atoms with van der Waals surface area (Å²) in [5.41, 5.74) is 3.90. The van der Waals surface area contributed by atoms with Gasteiger partial charge in [0.2, 0.25) is 0 Å². The maximum absolute atomic E-state index is 15.1. The SMILES string of the molecule is Cc1cnn(C(C)(C)c2ccc(C[C@H]3OC(=O)[C@H](CC(C)C)N(C)C(=O)[C@@H](C)OC(=O)[C@H](CC(C)C)N(C)C(=O)[C@@H](Cc4ccc(C(C)(C)n5cc(C)cn5)cc4)OC(=O)[C@H](CC(C)C)N(C)C(=O)[C@@H](C)OC(=O)[C@H](CC(C)C)N(C)C3=O)cc2)c1. The Morgan fingerprint density at radius 1 is 0.419 bits per heavy atom. The van der Waals surface area contributed by atoms with E-state index in [1.807, 2.05) is 167 Å². The monoisotopic (exact) mass is 1190 g/mol. The van der Waals surface area contributed by atoms with Crippen LogP contribution in [0.1, 0.15) is 156 Å². The number of nitrogens with zero attached hydrogens (tertiary/aromatic N) is 8. The van der Waals surface area contributed by atoms with E-state index in [0.717, 1.165) is 32.1 Å². The average molecular weight is 1190 g/mol. The fourth-order valence-corrected chi connectivity index (χ4v) is 10.7. The number of likely N-dealkylation sites (N-methyl/N-ethyl adjacent to an activating group) is 4. The van der Waals surface area contributed by atoms with E-state index in [4.69, 9.17) is 18.9 Å². The molecule has 5 rings (SSSR count). The van der Waals surface area contributed by atoms with Gasteiger partial charge in [-0.2, -0.15) is 10.2 Å². The van der Waals surface area contributed by atoms with Gasteiger partial charge in [-0.1, -0.05) is 104 Å². The van der Waals surface area contributed by atoms with E-state index in [1.165, 1.54) is 51.8 Å². The number of rotatable bonds is 16. The molecule has 0 radical (unpaired) electrons. The fraction of sp³-hybridized carbons (Fsp3) is 0.606. The Labute approximate surface area is 509 Å². The molecule has 0 bridgehead atoms. The zero-order valence-corrected chi connectivity index (χ0v) is 54.6. The summed E-state index contributed by atoms with van der Waals surface area (Å²) in [5, 5.41) is 9.07. The fourth-order valence-electron chi connectivity index (χ4n) is 10.7. The summed E-state index contributed by atoms with van der Waals surface area (Å²) in [6.07, 6.45) is 1.37. The second kappa shape index (κ2) is 29.3. The molecule has 1 aliphatic rings. The molecule has 8 atom stereocenters. The number of carbonyl (C=O) groups excluding carboxylic acids is 8. The van der Waals surface area contributed by atoms with Gasteiger partial charge in [-0.25, -0.2) is 19.2 Å². The molecule has 20 nitrogen and oxygen atoms in total. The van der Waals surface area contributed by atoms with Crippen molar-refractivity contribution in [3.05, 3.63) is 107 Å². The minimum absolute atomic E-state index is 0.0771. The number of aryl methyl sites for hydroxylation is 2. The lowest BCUT2D eigenvalue weighted by molar-refractivity contribution is -0.176. The van der Waals surface area contributed by atoms with Crippen LogP contribution < -0.4 is 0 Å². The summed E-state index contributed by atoms with van der Waals surface area (Å²) in [5.74, 6) is -7.48. The summed E-state index contributed by atoms with van der Waals surface area (Å²) in [7, 11) is 5.59. The van der Waals surface area contributed by atoms with Crippen LogP contribution in [-0.2, 0) is 81.2 Å². The maximum Gasteiger partial charge on any atom is 0.329 e. The number of cyclic esters (lactones) is 4. The van der Waals surface area contributed by atoms with Crippen molar-refractivity contribution < 1.29 is 57.3 Å². The molecule has 0 aliphatic carbocycles. The van der Waals surface area contributed by atoms with Crippen LogP contribution in [-0.4, -0.2) is 163 Å². The first-order valence-corrected chi connectivity index (χ1v) is 30.2. The molecule has 4 amide bonds. The average Bonchev–Trinajstić information content (AvgIpc) is 1.90. The number of esters is 4. The highest BCUT2D eigenvalue weighted by Crippen LogP contribution is 2.30. The van der Waals surface area contributed by atoms with Crippen molar-refractivity contribution in [1.29, 1.82) is 0 Å². The van der Waals surface area contributed by atoms with E-state index in [9.17, 15) is 28.8 Å². The number of amides is 4. The Morgan fingerprint density at radius 2 is 0.674 bits per heavy atom. The van der Waals surface area contributed by atoms with Gasteiger partial charge in [0.05, 0.1) is 23.5 Å². The van der Waals surface area contributed by atoms with Crippen LogP contribution in [0.4, 0.5) is 0 Å². The van der Waals surface area contributed by atoms with Crippen molar-refractivity contribution in [2.45, 2.75) is 209 Å². The summed E-state index contributed by atoms with van der Waals surface area (Å²) in [4.78, 5) is 123. The van der Waals surface area contributed by atoms with Crippen LogP contribution in [0.5, 0.6) is 0 Å². The Morgan fingerprint density at radius 3 is 0.919 bits per heavy atom. The molecular weight excluding hydrogens is 1100 g/mol. The number of benzene rings is 2. The molecule has 4 aromatic rings. The van der Waals surface area contributed by atoms with E-state index >= 15 is 9.59 Å². The summed E-state index contributed by atoms with van der Waals surface area (Å²) >= 11 is 0. The molecule has 0 spiro atoms. The minimum Gasteiger partial charge on any atom is -0.451 e. The normalized spacial score (nSPS) is 22.9. The van der Waals surface area contributed by atoms with Gasteiger partial charge >= 0.3 is 23.9 Å². The third-order valence-corrected chi connectivity index (χ3v) is 16.2. The molecule has 0 unspecified atom stereocenters. The van der Waals surface area contributed by atoms with Crippen LogP contribution in [0.15, 0.2) is 73.3 Å². The highest BCUT2D eigenvalue weighted by atomic mass is 16.6. The third kappa shape index (κ3) is 17.4. The number of carbonyl (C=O) groups is 8. The highest BCUT2D eigenvalue weighted by molar-refractivity contribution is 5.94. The zero-order valence-electron chi connectivity index (χ0n) is 54.6. The number of aromatic nitrogens is 4. The molecular formula is C66H96N8O12.